The molecule has 3 rings (SSSR count). The Labute approximate surface area is 141 Å². The van der Waals surface area contributed by atoms with Gasteiger partial charge in [-0.1, -0.05) is 35.4 Å². The highest BCUT2D eigenvalue weighted by Crippen LogP contribution is 2.48. The van der Waals surface area contributed by atoms with Crippen molar-refractivity contribution < 1.29 is 24.0 Å². The van der Waals surface area contributed by atoms with E-state index in [2.05, 4.69) is 21.1 Å². The van der Waals surface area contributed by atoms with Crippen LogP contribution in [0.2, 0.25) is 0 Å². The van der Waals surface area contributed by atoms with Crippen LogP contribution in [0.1, 0.15) is 41.9 Å². The molecule has 1 aromatic heterocycles. The third-order valence-corrected chi connectivity index (χ3v) is 5.19. The third-order valence-electron chi connectivity index (χ3n) is 4.32. The van der Waals surface area contributed by atoms with Gasteiger partial charge in [0.05, 0.1) is 12.6 Å². The van der Waals surface area contributed by atoms with Crippen molar-refractivity contribution in [2.45, 2.75) is 36.2 Å². The van der Waals surface area contributed by atoms with Gasteiger partial charge in [-0.2, -0.15) is 0 Å². The summed E-state index contributed by atoms with van der Waals surface area (Å²) in [6, 6.07) is -0.859. The second-order valence-corrected chi connectivity index (χ2v) is 6.80. The van der Waals surface area contributed by atoms with E-state index < -0.39 is 34.0 Å². The van der Waals surface area contributed by atoms with Crippen LogP contribution in [0, 0.1) is 5.92 Å². The lowest BCUT2D eigenvalue weighted by atomic mass is 9.65. The Morgan fingerprint density at radius 2 is 2.26 bits per heavy atom. The second kappa shape index (κ2) is 5.85. The fraction of sp³-hybridized carbons (Fsp3) is 0.533. The van der Waals surface area contributed by atoms with Crippen LogP contribution in [0.5, 0.6) is 5.88 Å². The number of carbonyl (C=O) groups excluding carboxylic acids is 2. The van der Waals surface area contributed by atoms with E-state index in [9.17, 15) is 14.7 Å². The Hall–Kier alpha value is -1.51. The van der Waals surface area contributed by atoms with Crippen molar-refractivity contribution in [3.05, 3.63) is 23.5 Å². The quantitative estimate of drug-likeness (QED) is 0.456. The maximum Gasteiger partial charge on any atom is 0.265 e. The first-order valence-electron chi connectivity index (χ1n) is 7.44. The molecule has 0 saturated heterocycles. The fourth-order valence-corrected chi connectivity index (χ4v) is 3.90. The minimum atomic E-state index is -2.23. The number of alkyl halides is 1. The number of Topliss-reactive ketones (excluding diaryl/α,β-unsaturated/α-hetero) is 1. The summed E-state index contributed by atoms with van der Waals surface area (Å²) in [5.74, 6) is -2.20. The number of ether oxygens (including phenoxy) is 1. The molecule has 7 nitrogen and oxygen atoms in total. The van der Waals surface area contributed by atoms with Crippen molar-refractivity contribution in [1.29, 1.82) is 0 Å². The first kappa shape index (κ1) is 16.4. The van der Waals surface area contributed by atoms with Gasteiger partial charge in [-0.25, -0.2) is 0 Å². The molecule has 124 valence electrons. The summed E-state index contributed by atoms with van der Waals surface area (Å²) < 4.78 is 10.6. The summed E-state index contributed by atoms with van der Waals surface area (Å²) in [6.07, 6.45) is 4.44. The van der Waals surface area contributed by atoms with Gasteiger partial charge in [0, 0.05) is 10.7 Å². The second-order valence-electron chi connectivity index (χ2n) is 5.74. The number of hydrogen-bond donors (Lipinski definition) is 2. The predicted octanol–water partition coefficient (Wildman–Crippen LogP) is 1.30. The van der Waals surface area contributed by atoms with E-state index >= 15 is 0 Å². The predicted molar refractivity (Wildman–Crippen MR) is 83.5 cm³/mol. The van der Waals surface area contributed by atoms with E-state index in [1.165, 1.54) is 6.08 Å². The molecule has 0 unspecified atom stereocenters. The van der Waals surface area contributed by atoms with E-state index in [4.69, 9.17) is 15.0 Å². The molecule has 0 spiro atoms. The van der Waals surface area contributed by atoms with Gasteiger partial charge < -0.3 is 20.1 Å². The SMILES string of the molecule is CCCCOc1noc2c1C(=O)[C@@]1(O)C(=O)C=C[C@@H](Br)[C@H]1[C@@H]2N. The highest BCUT2D eigenvalue weighted by Gasteiger charge is 2.61. The Balaban J connectivity index is 2.06. The molecule has 8 heteroatoms. The van der Waals surface area contributed by atoms with Gasteiger partial charge in [-0.15, -0.1) is 0 Å². The number of fused-ring (bicyclic) bond motifs is 2. The number of hydrogen-bond acceptors (Lipinski definition) is 7. The molecule has 0 saturated carbocycles. The van der Waals surface area contributed by atoms with E-state index in [0.717, 1.165) is 12.8 Å². The van der Waals surface area contributed by atoms with Gasteiger partial charge in [-0.3, -0.25) is 9.59 Å². The lowest BCUT2D eigenvalue weighted by molar-refractivity contribution is -0.134. The highest BCUT2D eigenvalue weighted by atomic mass is 79.9. The number of nitrogens with two attached hydrogens (primary N) is 1. The summed E-state index contributed by atoms with van der Waals surface area (Å²) in [5, 5.41) is 14.6. The number of ketones is 2. The van der Waals surface area contributed by atoms with Crippen molar-refractivity contribution in [2.24, 2.45) is 11.7 Å². The summed E-state index contributed by atoms with van der Waals surface area (Å²) in [6.45, 7) is 2.36. The largest absolute Gasteiger partial charge is 0.475 e. The molecule has 0 amide bonds. The maximum atomic E-state index is 12.8. The van der Waals surface area contributed by atoms with Crippen LogP contribution < -0.4 is 10.5 Å². The summed E-state index contributed by atoms with van der Waals surface area (Å²) in [5.41, 5.74) is 3.89. The van der Waals surface area contributed by atoms with Crippen LogP contribution in [0.25, 0.3) is 0 Å². The molecule has 0 bridgehead atoms. The molecule has 2 aliphatic rings. The smallest absolute Gasteiger partial charge is 0.265 e. The van der Waals surface area contributed by atoms with Gasteiger partial charge in [0.2, 0.25) is 5.78 Å². The Bertz CT molecular complexity index is 685. The Kier molecular flexibility index (Phi) is 4.16. The van der Waals surface area contributed by atoms with Crippen LogP contribution >= 0.6 is 15.9 Å². The molecule has 1 aromatic rings. The number of aromatic nitrogens is 1. The summed E-state index contributed by atoms with van der Waals surface area (Å²) in [7, 11) is 0. The molecule has 23 heavy (non-hydrogen) atoms. The summed E-state index contributed by atoms with van der Waals surface area (Å²) in [4.78, 5) is 24.6. The molecule has 4 atom stereocenters. The van der Waals surface area contributed by atoms with Crippen molar-refractivity contribution in [3.8, 4) is 5.88 Å². The van der Waals surface area contributed by atoms with Crippen LogP contribution in [0.15, 0.2) is 16.7 Å². The minimum absolute atomic E-state index is 0.0192. The zero-order valence-corrected chi connectivity index (χ0v) is 14.1. The van der Waals surface area contributed by atoms with E-state index in [-0.39, 0.29) is 17.2 Å². The van der Waals surface area contributed by atoms with Crippen molar-refractivity contribution in [1.82, 2.24) is 5.16 Å². The van der Waals surface area contributed by atoms with Crippen molar-refractivity contribution in [3.63, 3.8) is 0 Å². The Morgan fingerprint density at radius 3 is 2.96 bits per heavy atom. The van der Waals surface area contributed by atoms with Gasteiger partial charge in [0.25, 0.3) is 5.88 Å². The van der Waals surface area contributed by atoms with Crippen LogP contribution in [-0.4, -0.2) is 38.9 Å². The van der Waals surface area contributed by atoms with Gasteiger partial charge in [-0.05, 0) is 17.7 Å². The number of aliphatic hydroxyl groups is 1. The van der Waals surface area contributed by atoms with E-state index in [1.807, 2.05) is 6.92 Å². The lowest BCUT2D eigenvalue weighted by Gasteiger charge is -2.42. The number of rotatable bonds is 4. The fourth-order valence-electron chi connectivity index (χ4n) is 3.03. The zero-order chi connectivity index (χ0) is 16.8. The van der Waals surface area contributed by atoms with Gasteiger partial charge in [0.1, 0.15) is 5.56 Å². The molecule has 2 aliphatic carbocycles. The molecule has 0 aromatic carbocycles. The molecule has 1 heterocycles. The van der Waals surface area contributed by atoms with E-state index in [1.54, 1.807) is 6.08 Å². The highest BCUT2D eigenvalue weighted by molar-refractivity contribution is 9.09. The number of unbranched alkanes of at least 4 members (excludes halogenated alkanes) is 1. The maximum absolute atomic E-state index is 12.8. The van der Waals surface area contributed by atoms with Gasteiger partial charge in [0.15, 0.2) is 17.1 Å². The molecule has 0 aliphatic heterocycles. The Morgan fingerprint density at radius 1 is 1.52 bits per heavy atom. The van der Waals surface area contributed by atoms with Crippen molar-refractivity contribution in [2.75, 3.05) is 6.61 Å². The normalized spacial score (nSPS) is 32.6. The van der Waals surface area contributed by atoms with Crippen LogP contribution in [0.4, 0.5) is 0 Å². The first-order valence-corrected chi connectivity index (χ1v) is 8.36. The average molecular weight is 385 g/mol. The number of allylic oxidation sites excluding steroid dienone is 1. The average Bonchev–Trinajstić information content (AvgIpc) is 2.94. The first-order chi connectivity index (χ1) is 10.9. The molecule has 0 fully saturated rings. The number of nitrogens with zero attached hydrogens (tertiary/aromatic N) is 1. The molecular weight excluding hydrogens is 368 g/mol. The molecular formula is C15H17BrN2O5. The van der Waals surface area contributed by atoms with Crippen molar-refractivity contribution >= 4 is 27.5 Å². The standard InChI is InChI=1S/C15H17BrN2O5/c1-2-3-6-22-14-9-12(23-18-14)11(17)10-7(16)4-5-8(19)15(10,21)13(9)20/h4-5,7,10-11,21H,2-3,6,17H2,1H3/t7-,10+,11+,15-/m1/s1. The van der Waals surface area contributed by atoms with Crippen LogP contribution in [-0.2, 0) is 4.79 Å². The van der Waals surface area contributed by atoms with Crippen LogP contribution in [0.3, 0.4) is 0 Å². The summed E-state index contributed by atoms with van der Waals surface area (Å²) >= 11 is 3.35. The van der Waals surface area contributed by atoms with E-state index in [0.29, 0.717) is 6.61 Å². The lowest BCUT2D eigenvalue weighted by Crippen LogP contribution is -2.62. The third kappa shape index (κ3) is 2.28. The number of halogens is 1. The molecule has 3 N–H and O–H groups in total. The topological polar surface area (TPSA) is 116 Å². The number of carbonyl (C=O) groups is 2. The molecule has 0 radical (unpaired) electrons. The minimum Gasteiger partial charge on any atom is -0.475 e. The zero-order valence-electron chi connectivity index (χ0n) is 12.5. The van der Waals surface area contributed by atoms with Gasteiger partial charge >= 0.3 is 0 Å². The monoisotopic (exact) mass is 384 g/mol.